The zero-order valence-corrected chi connectivity index (χ0v) is 14.5. The summed E-state index contributed by atoms with van der Waals surface area (Å²) in [5.41, 5.74) is 3.44. The predicted octanol–water partition coefficient (Wildman–Crippen LogP) is 4.77. The van der Waals surface area contributed by atoms with Crippen molar-refractivity contribution < 1.29 is 4.74 Å². The summed E-state index contributed by atoms with van der Waals surface area (Å²) in [7, 11) is 0. The van der Waals surface area contributed by atoms with E-state index in [-0.39, 0.29) is 0 Å². The van der Waals surface area contributed by atoms with Gasteiger partial charge >= 0.3 is 0 Å². The Hall–Kier alpha value is -2.39. The molecule has 3 nitrogen and oxygen atoms in total. The van der Waals surface area contributed by atoms with Crippen LogP contribution in [0.3, 0.4) is 0 Å². The average molecular weight is 332 g/mol. The first-order valence-electron chi connectivity index (χ1n) is 9.19. The van der Waals surface area contributed by atoms with E-state index in [2.05, 4.69) is 58.4 Å². The van der Waals surface area contributed by atoms with Crippen molar-refractivity contribution in [2.75, 3.05) is 26.2 Å². The summed E-state index contributed by atoms with van der Waals surface area (Å²) < 4.78 is 5.92. The third-order valence-corrected chi connectivity index (χ3v) is 4.92. The molecule has 2 heterocycles. The molecule has 4 rings (SSSR count). The summed E-state index contributed by atoms with van der Waals surface area (Å²) in [5, 5.41) is 1.17. The lowest BCUT2D eigenvalue weighted by atomic mass is 10.0. The van der Waals surface area contributed by atoms with E-state index >= 15 is 0 Å². The quantitative estimate of drug-likeness (QED) is 0.673. The zero-order valence-electron chi connectivity index (χ0n) is 14.5. The highest BCUT2D eigenvalue weighted by Crippen LogP contribution is 2.25. The molecule has 0 aliphatic carbocycles. The van der Waals surface area contributed by atoms with Crippen molar-refractivity contribution in [3.8, 4) is 16.9 Å². The van der Waals surface area contributed by atoms with Gasteiger partial charge in [-0.15, -0.1) is 0 Å². The summed E-state index contributed by atoms with van der Waals surface area (Å²) in [5.74, 6) is 0.947. The molecule has 1 aromatic heterocycles. The summed E-state index contributed by atoms with van der Waals surface area (Å²) in [6.07, 6.45) is 5.87. The molecule has 0 bridgehead atoms. The molecule has 25 heavy (non-hydrogen) atoms. The van der Waals surface area contributed by atoms with Crippen molar-refractivity contribution in [3.63, 3.8) is 0 Å². The second-order valence-corrected chi connectivity index (χ2v) is 6.69. The minimum atomic E-state index is 0.765. The maximum absolute atomic E-state index is 5.92. The lowest BCUT2D eigenvalue weighted by Crippen LogP contribution is -2.33. The Kier molecular flexibility index (Phi) is 4.93. The van der Waals surface area contributed by atoms with E-state index < -0.39 is 0 Å². The Labute approximate surface area is 149 Å². The molecule has 0 saturated carbocycles. The van der Waals surface area contributed by atoms with Crippen LogP contribution < -0.4 is 4.74 Å². The van der Waals surface area contributed by atoms with E-state index in [1.54, 1.807) is 0 Å². The highest BCUT2D eigenvalue weighted by atomic mass is 16.5. The highest BCUT2D eigenvalue weighted by Gasteiger charge is 2.09. The van der Waals surface area contributed by atoms with Gasteiger partial charge in [0.15, 0.2) is 0 Å². The number of likely N-dealkylation sites (tertiary alicyclic amines) is 1. The smallest absolute Gasteiger partial charge is 0.119 e. The van der Waals surface area contributed by atoms with Crippen LogP contribution in [-0.4, -0.2) is 36.1 Å². The van der Waals surface area contributed by atoms with Gasteiger partial charge in [0.25, 0.3) is 0 Å². The van der Waals surface area contributed by atoms with Crippen molar-refractivity contribution >= 4 is 10.9 Å². The van der Waals surface area contributed by atoms with Gasteiger partial charge in [0.05, 0.1) is 5.52 Å². The van der Waals surface area contributed by atoms with Crippen LogP contribution in [0.5, 0.6) is 5.75 Å². The van der Waals surface area contributed by atoms with Gasteiger partial charge in [-0.25, -0.2) is 0 Å². The van der Waals surface area contributed by atoms with Crippen molar-refractivity contribution in [1.29, 1.82) is 0 Å². The van der Waals surface area contributed by atoms with E-state index in [0.29, 0.717) is 0 Å². The standard InChI is InChI=1S/C22H24N2O/c1-2-13-24(14-3-1)15-16-25-21-9-6-18(7-10-21)19-8-11-22-20(17-19)5-4-12-23-22/h4-12,17H,1-3,13-16H2. The molecule has 1 aliphatic heterocycles. The van der Waals surface area contributed by atoms with Crippen molar-refractivity contribution in [1.82, 2.24) is 9.88 Å². The molecular formula is C22H24N2O. The molecule has 0 amide bonds. The summed E-state index contributed by atoms with van der Waals surface area (Å²) in [4.78, 5) is 6.88. The molecule has 3 heteroatoms. The predicted molar refractivity (Wildman–Crippen MR) is 103 cm³/mol. The van der Waals surface area contributed by atoms with Crippen LogP contribution in [0.25, 0.3) is 22.0 Å². The van der Waals surface area contributed by atoms with Crippen molar-refractivity contribution in [2.45, 2.75) is 19.3 Å². The van der Waals surface area contributed by atoms with Gasteiger partial charge < -0.3 is 4.74 Å². The van der Waals surface area contributed by atoms with Crippen molar-refractivity contribution in [2.24, 2.45) is 0 Å². The first-order chi connectivity index (χ1) is 12.4. The third-order valence-electron chi connectivity index (χ3n) is 4.92. The molecule has 1 fully saturated rings. The molecule has 0 unspecified atom stereocenters. The Balaban J connectivity index is 1.38. The van der Waals surface area contributed by atoms with Crippen LogP contribution in [0.15, 0.2) is 60.8 Å². The second-order valence-electron chi connectivity index (χ2n) is 6.69. The van der Waals surface area contributed by atoms with Gasteiger partial charge in [0.1, 0.15) is 12.4 Å². The van der Waals surface area contributed by atoms with Gasteiger partial charge in [-0.3, -0.25) is 9.88 Å². The Morgan fingerprint density at radius 1 is 0.880 bits per heavy atom. The maximum atomic E-state index is 5.92. The molecule has 0 radical (unpaired) electrons. The van der Waals surface area contributed by atoms with Crippen LogP contribution >= 0.6 is 0 Å². The van der Waals surface area contributed by atoms with Crippen molar-refractivity contribution in [3.05, 3.63) is 60.8 Å². The van der Waals surface area contributed by atoms with E-state index in [9.17, 15) is 0 Å². The lowest BCUT2D eigenvalue weighted by molar-refractivity contribution is 0.183. The fourth-order valence-corrected chi connectivity index (χ4v) is 3.47. The molecule has 1 saturated heterocycles. The Morgan fingerprint density at radius 2 is 1.68 bits per heavy atom. The van der Waals surface area contributed by atoms with Crippen LogP contribution in [0.1, 0.15) is 19.3 Å². The number of nitrogens with zero attached hydrogens (tertiary/aromatic N) is 2. The van der Waals surface area contributed by atoms with Gasteiger partial charge in [-0.1, -0.05) is 30.7 Å². The number of ether oxygens (including phenoxy) is 1. The average Bonchev–Trinajstić information content (AvgIpc) is 2.69. The molecule has 0 N–H and O–H groups in total. The molecule has 128 valence electrons. The molecule has 1 aliphatic rings. The minimum Gasteiger partial charge on any atom is -0.492 e. The molecule has 0 atom stereocenters. The number of rotatable bonds is 5. The Morgan fingerprint density at radius 3 is 2.52 bits per heavy atom. The molecule has 3 aromatic rings. The topological polar surface area (TPSA) is 25.4 Å². The van der Waals surface area contributed by atoms with Gasteiger partial charge in [0, 0.05) is 18.1 Å². The third kappa shape index (κ3) is 3.99. The van der Waals surface area contributed by atoms with E-state index in [0.717, 1.165) is 24.4 Å². The maximum Gasteiger partial charge on any atom is 0.119 e. The number of hydrogen-bond donors (Lipinski definition) is 0. The van der Waals surface area contributed by atoms with E-state index in [1.165, 1.54) is 48.9 Å². The monoisotopic (exact) mass is 332 g/mol. The van der Waals surface area contributed by atoms with Gasteiger partial charge in [-0.2, -0.15) is 0 Å². The summed E-state index contributed by atoms with van der Waals surface area (Å²) >= 11 is 0. The number of piperidine rings is 1. The molecule has 0 spiro atoms. The fourth-order valence-electron chi connectivity index (χ4n) is 3.47. The fraction of sp³-hybridized carbons (Fsp3) is 0.318. The minimum absolute atomic E-state index is 0.765. The van der Waals surface area contributed by atoms with Gasteiger partial charge in [-0.05, 0) is 67.4 Å². The normalized spacial score (nSPS) is 15.4. The number of hydrogen-bond acceptors (Lipinski definition) is 3. The summed E-state index contributed by atoms with van der Waals surface area (Å²) in [6, 6.07) is 18.9. The number of aromatic nitrogens is 1. The van der Waals surface area contributed by atoms with E-state index in [4.69, 9.17) is 4.74 Å². The van der Waals surface area contributed by atoms with E-state index in [1.807, 2.05) is 12.3 Å². The first kappa shape index (κ1) is 16.1. The zero-order chi connectivity index (χ0) is 16.9. The number of fused-ring (bicyclic) bond motifs is 1. The summed E-state index contributed by atoms with van der Waals surface area (Å²) in [6.45, 7) is 4.23. The van der Waals surface area contributed by atoms with Crippen LogP contribution in [-0.2, 0) is 0 Å². The molecular weight excluding hydrogens is 308 g/mol. The first-order valence-corrected chi connectivity index (χ1v) is 9.19. The lowest BCUT2D eigenvalue weighted by Gasteiger charge is -2.26. The van der Waals surface area contributed by atoms with Crippen LogP contribution in [0, 0.1) is 0 Å². The second kappa shape index (κ2) is 7.66. The Bertz CT molecular complexity index is 823. The van der Waals surface area contributed by atoms with Crippen LogP contribution in [0.2, 0.25) is 0 Å². The largest absolute Gasteiger partial charge is 0.492 e. The van der Waals surface area contributed by atoms with Crippen LogP contribution in [0.4, 0.5) is 0 Å². The van der Waals surface area contributed by atoms with Gasteiger partial charge in [0.2, 0.25) is 0 Å². The highest BCUT2D eigenvalue weighted by molar-refractivity contribution is 5.84. The molecule has 2 aromatic carbocycles. The number of pyridine rings is 1. The number of benzene rings is 2. The SMILES string of the molecule is c1cnc2ccc(-c3ccc(OCCN4CCCCC4)cc3)cc2c1.